The largest absolute Gasteiger partial charge is 0.503 e. The van der Waals surface area contributed by atoms with Gasteiger partial charge in [-0.2, -0.15) is 0 Å². The van der Waals surface area contributed by atoms with Crippen molar-refractivity contribution in [1.29, 1.82) is 0 Å². The van der Waals surface area contributed by atoms with E-state index in [1.807, 2.05) is 37.3 Å². The number of aliphatic hydroxyl groups is 1. The highest BCUT2D eigenvalue weighted by atomic mass is 16.3. The van der Waals surface area contributed by atoms with Crippen molar-refractivity contribution in [3.05, 3.63) is 77.3 Å². The lowest BCUT2D eigenvalue weighted by atomic mass is 9.93. The van der Waals surface area contributed by atoms with Crippen LogP contribution in [0.25, 0.3) is 0 Å². The van der Waals surface area contributed by atoms with Gasteiger partial charge in [0, 0.05) is 25.4 Å². The summed E-state index contributed by atoms with van der Waals surface area (Å²) >= 11 is 0. The number of pyridine rings is 1. The number of benzene rings is 1. The Hall–Kier alpha value is -2.95. The third-order valence-corrected chi connectivity index (χ3v) is 4.86. The minimum absolute atomic E-state index is 0.189. The summed E-state index contributed by atoms with van der Waals surface area (Å²) in [6, 6.07) is 12.8. The van der Waals surface area contributed by atoms with Gasteiger partial charge >= 0.3 is 0 Å². The second-order valence-corrected chi connectivity index (χ2v) is 6.71. The fraction of sp³-hybridized carbons (Fsp3) is 0.318. The van der Waals surface area contributed by atoms with Crippen LogP contribution in [0, 0.1) is 0 Å². The van der Waals surface area contributed by atoms with Gasteiger partial charge in [-0.25, -0.2) is 0 Å². The molecule has 1 aliphatic rings. The van der Waals surface area contributed by atoms with E-state index in [4.69, 9.17) is 0 Å². The molecule has 1 aromatic heterocycles. The highest BCUT2D eigenvalue weighted by Gasteiger charge is 2.42. The van der Waals surface area contributed by atoms with Gasteiger partial charge in [0.25, 0.3) is 5.91 Å². The van der Waals surface area contributed by atoms with E-state index < -0.39 is 17.7 Å². The zero-order valence-corrected chi connectivity index (χ0v) is 15.5. The highest BCUT2D eigenvalue weighted by Crippen LogP contribution is 2.38. The average Bonchev–Trinajstić information content (AvgIpc) is 2.96. The number of ketones is 1. The fourth-order valence-corrected chi connectivity index (χ4v) is 3.43. The molecule has 1 aliphatic heterocycles. The first-order valence-corrected chi connectivity index (χ1v) is 9.34. The van der Waals surface area contributed by atoms with Gasteiger partial charge in [0.05, 0.1) is 11.6 Å². The van der Waals surface area contributed by atoms with Gasteiger partial charge in [-0.3, -0.25) is 14.6 Å². The lowest BCUT2D eigenvalue weighted by molar-refractivity contribution is -0.129. The Kier molecular flexibility index (Phi) is 6.01. The average molecular weight is 364 g/mol. The van der Waals surface area contributed by atoms with Crippen LogP contribution in [0.15, 0.2) is 66.2 Å². The Labute approximate surface area is 159 Å². The number of aliphatic hydroxyl groups excluding tert-OH is 1. The van der Waals surface area contributed by atoms with Crippen molar-refractivity contribution in [3.63, 3.8) is 0 Å². The Morgan fingerprint density at radius 1 is 1.15 bits per heavy atom. The first-order chi connectivity index (χ1) is 13.1. The summed E-state index contributed by atoms with van der Waals surface area (Å²) in [7, 11) is 0. The van der Waals surface area contributed by atoms with Gasteiger partial charge < -0.3 is 10.0 Å². The van der Waals surface area contributed by atoms with Crippen molar-refractivity contribution in [2.45, 2.75) is 38.6 Å². The molecule has 1 N–H and O–H groups in total. The number of aromatic nitrogens is 1. The number of nitrogens with zero attached hydrogens (tertiary/aromatic N) is 2. The maximum absolute atomic E-state index is 13.0. The Bertz CT molecular complexity index is 831. The van der Waals surface area contributed by atoms with E-state index in [1.165, 1.54) is 0 Å². The molecule has 0 saturated heterocycles. The fourth-order valence-electron chi connectivity index (χ4n) is 3.43. The molecule has 27 heavy (non-hydrogen) atoms. The first-order valence-electron chi connectivity index (χ1n) is 9.34. The van der Waals surface area contributed by atoms with E-state index in [0.717, 1.165) is 24.0 Å². The predicted molar refractivity (Wildman–Crippen MR) is 103 cm³/mol. The standard InChI is InChI=1S/C22H24N2O3/c1-2-3-15-24-20(17-11-13-23-14-12-17)19(21(26)22(24)27)18(25)10-9-16-7-5-4-6-8-16/h4-8,11-14,20,26H,2-3,9-10,15H2,1H3. The Morgan fingerprint density at radius 2 is 1.85 bits per heavy atom. The zero-order valence-electron chi connectivity index (χ0n) is 15.5. The molecule has 3 rings (SSSR count). The molecule has 140 valence electrons. The summed E-state index contributed by atoms with van der Waals surface area (Å²) < 4.78 is 0. The van der Waals surface area contributed by atoms with Crippen molar-refractivity contribution >= 4 is 11.7 Å². The maximum atomic E-state index is 13.0. The smallest absolute Gasteiger partial charge is 0.290 e. The minimum atomic E-state index is -0.546. The molecule has 1 unspecified atom stereocenters. The van der Waals surface area contributed by atoms with E-state index in [9.17, 15) is 14.7 Å². The van der Waals surface area contributed by atoms with Crippen molar-refractivity contribution in [3.8, 4) is 0 Å². The Morgan fingerprint density at radius 3 is 2.52 bits per heavy atom. The maximum Gasteiger partial charge on any atom is 0.290 e. The van der Waals surface area contributed by atoms with Crippen LogP contribution in [0.5, 0.6) is 0 Å². The van der Waals surface area contributed by atoms with E-state index in [2.05, 4.69) is 4.98 Å². The van der Waals surface area contributed by atoms with Crippen LogP contribution in [0.4, 0.5) is 0 Å². The van der Waals surface area contributed by atoms with Gasteiger partial charge in [-0.1, -0.05) is 43.7 Å². The SMILES string of the molecule is CCCCN1C(=O)C(O)=C(C(=O)CCc2ccccc2)C1c1ccncc1. The highest BCUT2D eigenvalue weighted by molar-refractivity contribution is 6.09. The van der Waals surface area contributed by atoms with Gasteiger partial charge in [-0.05, 0) is 36.1 Å². The molecule has 1 amide bonds. The molecule has 0 spiro atoms. The summed E-state index contributed by atoms with van der Waals surface area (Å²) in [5.74, 6) is -1.06. The normalized spacial score (nSPS) is 16.9. The molecule has 2 aromatic rings. The molecule has 0 bridgehead atoms. The lowest BCUT2D eigenvalue weighted by Gasteiger charge is -2.26. The molecule has 0 fully saturated rings. The second kappa shape index (κ2) is 8.62. The van der Waals surface area contributed by atoms with Crippen molar-refractivity contribution in [2.75, 3.05) is 6.54 Å². The summed E-state index contributed by atoms with van der Waals surface area (Å²) in [4.78, 5) is 31.2. The van der Waals surface area contributed by atoms with Crippen LogP contribution < -0.4 is 0 Å². The quantitative estimate of drug-likeness (QED) is 0.774. The van der Waals surface area contributed by atoms with Crippen LogP contribution in [-0.2, 0) is 16.0 Å². The summed E-state index contributed by atoms with van der Waals surface area (Å²) in [5, 5.41) is 10.5. The molecule has 1 atom stereocenters. The molecule has 2 heterocycles. The molecular formula is C22H24N2O3. The third kappa shape index (κ3) is 4.08. The molecule has 0 saturated carbocycles. The van der Waals surface area contributed by atoms with Crippen LogP contribution in [0.3, 0.4) is 0 Å². The molecule has 5 heteroatoms. The lowest BCUT2D eigenvalue weighted by Crippen LogP contribution is -2.32. The van der Waals surface area contributed by atoms with Gasteiger partial charge in [0.1, 0.15) is 0 Å². The topological polar surface area (TPSA) is 70.5 Å². The monoisotopic (exact) mass is 364 g/mol. The van der Waals surface area contributed by atoms with Crippen molar-refractivity contribution in [2.24, 2.45) is 0 Å². The second-order valence-electron chi connectivity index (χ2n) is 6.71. The molecule has 5 nitrogen and oxygen atoms in total. The number of amides is 1. The number of aryl methyl sites for hydroxylation is 1. The van der Waals surface area contributed by atoms with Crippen LogP contribution in [-0.4, -0.2) is 33.2 Å². The first kappa shape index (κ1) is 18.8. The summed E-state index contributed by atoms with van der Waals surface area (Å²) in [5.41, 5.74) is 2.05. The van der Waals surface area contributed by atoms with Gasteiger partial charge in [0.2, 0.25) is 0 Å². The van der Waals surface area contributed by atoms with Crippen molar-refractivity contribution < 1.29 is 14.7 Å². The third-order valence-electron chi connectivity index (χ3n) is 4.86. The number of hydrogen-bond donors (Lipinski definition) is 1. The van der Waals surface area contributed by atoms with E-state index in [1.54, 1.807) is 29.4 Å². The number of carbonyl (C=O) groups excluding carboxylic acids is 2. The number of hydrogen-bond acceptors (Lipinski definition) is 4. The number of unbranched alkanes of at least 4 members (excludes halogenated alkanes) is 1. The zero-order chi connectivity index (χ0) is 19.2. The number of Topliss-reactive ketones (excluding diaryl/α,β-unsaturated/α-hetero) is 1. The van der Waals surface area contributed by atoms with Crippen LogP contribution in [0.2, 0.25) is 0 Å². The number of rotatable bonds is 8. The van der Waals surface area contributed by atoms with Crippen LogP contribution >= 0.6 is 0 Å². The van der Waals surface area contributed by atoms with E-state index >= 15 is 0 Å². The Balaban J connectivity index is 1.87. The van der Waals surface area contributed by atoms with Gasteiger partial charge in [-0.15, -0.1) is 0 Å². The molecule has 1 aromatic carbocycles. The number of carbonyl (C=O) groups is 2. The van der Waals surface area contributed by atoms with E-state index in [-0.39, 0.29) is 17.8 Å². The minimum Gasteiger partial charge on any atom is -0.503 e. The van der Waals surface area contributed by atoms with Gasteiger partial charge in [0.15, 0.2) is 11.5 Å². The molecule has 0 radical (unpaired) electrons. The van der Waals surface area contributed by atoms with E-state index in [0.29, 0.717) is 13.0 Å². The molecule has 0 aliphatic carbocycles. The summed E-state index contributed by atoms with van der Waals surface area (Å²) in [6.45, 7) is 2.54. The van der Waals surface area contributed by atoms with Crippen molar-refractivity contribution in [1.82, 2.24) is 9.88 Å². The molecular weight excluding hydrogens is 340 g/mol. The van der Waals surface area contributed by atoms with Crippen LogP contribution in [0.1, 0.15) is 43.4 Å². The summed E-state index contributed by atoms with van der Waals surface area (Å²) in [6.07, 6.45) is 5.83. The predicted octanol–water partition coefficient (Wildman–Crippen LogP) is 3.78.